The van der Waals surface area contributed by atoms with Gasteiger partial charge in [0, 0.05) is 43.1 Å². The smallest absolute Gasteiger partial charge is 0.266 e. The number of amides is 6. The Hall–Kier alpha value is -7.43. The summed E-state index contributed by atoms with van der Waals surface area (Å²) in [6, 6.07) is 17.1. The standard InChI is InChI=1S/C39H30FN9O7/c40-27-17-23(29-19-45-39-44-18-24(49(39)47-29)16-21-6-9-28-22(15-21)3-2-12-41-28)7-8-25(27)35(52)43-14-13-42-33(51)20-56-31-5-1-4-26-34(31)38(55)48(37(26)54)30-10-11-32(50)46-36(30)53/h1-9,12,15,17-19,30H,10-11,13-14,16,20H2,(H,42,51)(H,43,52)(H,46,50,53). The maximum absolute atomic E-state index is 15.2. The van der Waals surface area contributed by atoms with Crippen molar-refractivity contribution in [3.05, 3.63) is 119 Å². The normalized spacial score (nSPS) is 15.2. The van der Waals surface area contributed by atoms with Gasteiger partial charge in [0.25, 0.3) is 29.4 Å². The van der Waals surface area contributed by atoms with E-state index < -0.39 is 53.9 Å². The number of nitrogens with one attached hydrogen (secondary N) is 3. The summed E-state index contributed by atoms with van der Waals surface area (Å²) in [5.74, 6) is -4.45. The molecule has 2 aliphatic rings. The summed E-state index contributed by atoms with van der Waals surface area (Å²) in [5.41, 5.74) is 3.17. The molecule has 0 spiro atoms. The van der Waals surface area contributed by atoms with E-state index in [1.54, 1.807) is 23.0 Å². The van der Waals surface area contributed by atoms with Gasteiger partial charge in [-0.05, 0) is 54.4 Å². The molecule has 3 N–H and O–H groups in total. The molecule has 6 aromatic rings. The van der Waals surface area contributed by atoms with Crippen molar-refractivity contribution in [1.82, 2.24) is 45.4 Å². The lowest BCUT2D eigenvalue weighted by atomic mass is 10.0. The van der Waals surface area contributed by atoms with E-state index in [9.17, 15) is 28.8 Å². The topological polar surface area (TPSA) is 207 Å². The molecule has 1 unspecified atom stereocenters. The van der Waals surface area contributed by atoms with E-state index >= 15 is 4.39 Å². The maximum Gasteiger partial charge on any atom is 0.266 e. The molecule has 3 aromatic heterocycles. The van der Waals surface area contributed by atoms with Gasteiger partial charge in [-0.15, -0.1) is 0 Å². The van der Waals surface area contributed by atoms with E-state index in [1.807, 2.05) is 30.3 Å². The fourth-order valence-electron chi connectivity index (χ4n) is 6.65. The number of fused-ring (bicyclic) bond motifs is 3. The zero-order valence-electron chi connectivity index (χ0n) is 29.3. The van der Waals surface area contributed by atoms with Gasteiger partial charge in [-0.1, -0.05) is 24.3 Å². The molecule has 0 aliphatic carbocycles. The van der Waals surface area contributed by atoms with Crippen LogP contribution < -0.4 is 20.7 Å². The number of imidazole rings is 1. The molecule has 2 aliphatic heterocycles. The first kappa shape index (κ1) is 35.6. The fourth-order valence-corrected chi connectivity index (χ4v) is 6.65. The summed E-state index contributed by atoms with van der Waals surface area (Å²) in [6.07, 6.45) is 5.41. The first-order valence-electron chi connectivity index (χ1n) is 17.5. The summed E-state index contributed by atoms with van der Waals surface area (Å²) in [4.78, 5) is 89.4. The van der Waals surface area contributed by atoms with Crippen molar-refractivity contribution in [3.63, 3.8) is 0 Å². The number of hydrogen-bond donors (Lipinski definition) is 3. The van der Waals surface area contributed by atoms with Gasteiger partial charge in [-0.3, -0.25) is 44.0 Å². The third-order valence-electron chi connectivity index (χ3n) is 9.38. The molecule has 3 aromatic carbocycles. The van der Waals surface area contributed by atoms with Gasteiger partial charge in [0.1, 0.15) is 23.3 Å². The van der Waals surface area contributed by atoms with Crippen LogP contribution in [0.2, 0.25) is 0 Å². The summed E-state index contributed by atoms with van der Waals surface area (Å²) in [7, 11) is 0. The largest absolute Gasteiger partial charge is 0.483 e. The Labute approximate surface area is 316 Å². The lowest BCUT2D eigenvalue weighted by Crippen LogP contribution is -2.54. The van der Waals surface area contributed by atoms with Crippen LogP contribution in [0.25, 0.3) is 27.9 Å². The average molecular weight is 756 g/mol. The number of piperidine rings is 1. The zero-order valence-corrected chi connectivity index (χ0v) is 29.3. The number of aromatic nitrogens is 5. The molecule has 1 saturated heterocycles. The van der Waals surface area contributed by atoms with Gasteiger partial charge >= 0.3 is 0 Å². The number of carbonyl (C=O) groups excluding carboxylic acids is 6. The Bertz CT molecular complexity index is 2630. The third-order valence-corrected chi connectivity index (χ3v) is 9.38. The number of ether oxygens (including phenoxy) is 1. The average Bonchev–Trinajstić information content (AvgIpc) is 3.71. The van der Waals surface area contributed by atoms with Crippen molar-refractivity contribution in [2.24, 2.45) is 0 Å². The zero-order chi connectivity index (χ0) is 38.9. The predicted molar refractivity (Wildman–Crippen MR) is 195 cm³/mol. The van der Waals surface area contributed by atoms with E-state index in [4.69, 9.17) is 4.74 Å². The molecule has 280 valence electrons. The molecule has 8 rings (SSSR count). The molecular formula is C39H30FN9O7. The Morgan fingerprint density at radius 2 is 1.75 bits per heavy atom. The molecule has 56 heavy (non-hydrogen) atoms. The van der Waals surface area contributed by atoms with Crippen LogP contribution in [0.3, 0.4) is 0 Å². The molecular weight excluding hydrogens is 725 g/mol. The van der Waals surface area contributed by atoms with Gasteiger partial charge in [0.15, 0.2) is 6.61 Å². The summed E-state index contributed by atoms with van der Waals surface area (Å²) >= 11 is 0. The lowest BCUT2D eigenvalue weighted by molar-refractivity contribution is -0.136. The van der Waals surface area contributed by atoms with Crippen molar-refractivity contribution in [2.45, 2.75) is 25.3 Å². The molecule has 17 heteroatoms. The highest BCUT2D eigenvalue weighted by molar-refractivity contribution is 6.24. The van der Waals surface area contributed by atoms with E-state index in [1.165, 1.54) is 36.5 Å². The molecule has 16 nitrogen and oxygen atoms in total. The SMILES string of the molecule is O=C(COc1cccc2c1C(=O)N(C1CCC(=O)NC1=O)C2=O)NCCNC(=O)c1ccc(-c2cnc3ncc(Cc4ccc5ncccc5c4)n3n2)cc1F. The van der Waals surface area contributed by atoms with Crippen LogP contribution in [-0.2, 0) is 20.8 Å². The van der Waals surface area contributed by atoms with Crippen molar-refractivity contribution in [1.29, 1.82) is 0 Å². The maximum atomic E-state index is 15.2. The number of benzene rings is 3. The summed E-state index contributed by atoms with van der Waals surface area (Å²) in [5, 5.41) is 12.9. The van der Waals surface area contributed by atoms with Crippen LogP contribution in [-0.4, -0.2) is 90.6 Å². The molecule has 6 amide bonds. The first-order valence-corrected chi connectivity index (χ1v) is 17.5. The van der Waals surface area contributed by atoms with Gasteiger partial charge < -0.3 is 15.4 Å². The minimum absolute atomic E-state index is 0.00432. The first-order chi connectivity index (χ1) is 27.1. The van der Waals surface area contributed by atoms with Crippen molar-refractivity contribution in [3.8, 4) is 17.0 Å². The summed E-state index contributed by atoms with van der Waals surface area (Å²) in [6.45, 7) is -0.601. The van der Waals surface area contributed by atoms with Crippen LogP contribution in [0.5, 0.6) is 5.75 Å². The number of nitrogens with zero attached hydrogens (tertiary/aromatic N) is 6. The highest BCUT2D eigenvalue weighted by Crippen LogP contribution is 2.33. The monoisotopic (exact) mass is 755 g/mol. The van der Waals surface area contributed by atoms with Gasteiger partial charge in [0.2, 0.25) is 11.8 Å². The second-order valence-electron chi connectivity index (χ2n) is 13.0. The van der Waals surface area contributed by atoms with Crippen LogP contribution in [0.4, 0.5) is 4.39 Å². The second-order valence-corrected chi connectivity index (χ2v) is 13.0. The van der Waals surface area contributed by atoms with E-state index in [0.29, 0.717) is 23.5 Å². The van der Waals surface area contributed by atoms with Crippen LogP contribution in [0.1, 0.15) is 55.2 Å². The van der Waals surface area contributed by atoms with E-state index in [-0.39, 0.29) is 48.4 Å². The van der Waals surface area contributed by atoms with Gasteiger partial charge in [-0.2, -0.15) is 5.10 Å². The molecule has 5 heterocycles. The molecule has 0 saturated carbocycles. The molecule has 1 fully saturated rings. The lowest BCUT2D eigenvalue weighted by Gasteiger charge is -2.27. The van der Waals surface area contributed by atoms with Crippen LogP contribution >= 0.6 is 0 Å². The van der Waals surface area contributed by atoms with Crippen LogP contribution in [0.15, 0.2) is 85.3 Å². The van der Waals surface area contributed by atoms with Gasteiger partial charge in [0.05, 0.1) is 40.3 Å². The highest BCUT2D eigenvalue weighted by atomic mass is 19.1. The molecule has 0 radical (unpaired) electrons. The Kier molecular flexibility index (Phi) is 9.39. The number of halogens is 1. The number of carbonyl (C=O) groups is 6. The van der Waals surface area contributed by atoms with Crippen molar-refractivity contribution < 1.29 is 37.9 Å². The van der Waals surface area contributed by atoms with Crippen molar-refractivity contribution in [2.75, 3.05) is 19.7 Å². The number of hydrogen-bond acceptors (Lipinski definition) is 11. The number of rotatable bonds is 11. The Balaban J connectivity index is 0.842. The highest BCUT2D eigenvalue weighted by Gasteiger charge is 2.46. The fraction of sp³-hybridized carbons (Fsp3) is 0.179. The van der Waals surface area contributed by atoms with Crippen LogP contribution in [0, 0.1) is 5.82 Å². The predicted octanol–water partition coefficient (Wildman–Crippen LogP) is 2.40. The van der Waals surface area contributed by atoms with E-state index in [2.05, 4.69) is 36.0 Å². The third kappa shape index (κ3) is 6.88. The minimum Gasteiger partial charge on any atom is -0.483 e. The second kappa shape index (κ2) is 14.8. The number of imide groups is 2. The minimum atomic E-state index is -1.15. The molecule has 1 atom stereocenters. The van der Waals surface area contributed by atoms with E-state index in [0.717, 1.165) is 27.1 Å². The van der Waals surface area contributed by atoms with Crippen molar-refractivity contribution >= 4 is 52.1 Å². The quantitative estimate of drug-likeness (QED) is 0.129. The van der Waals surface area contributed by atoms with Gasteiger partial charge in [-0.25, -0.2) is 18.9 Å². The summed E-state index contributed by atoms with van der Waals surface area (Å²) < 4.78 is 22.4. The molecule has 0 bridgehead atoms. The Morgan fingerprint density at radius 1 is 0.911 bits per heavy atom. The Morgan fingerprint density at radius 3 is 2.59 bits per heavy atom. The number of pyridine rings is 1.